The monoisotopic (exact) mass is 304 g/mol. The first kappa shape index (κ1) is 15.1. The molecule has 0 radical (unpaired) electrons. The Hall–Kier alpha value is -2.33. The lowest BCUT2D eigenvalue weighted by molar-refractivity contribution is 0.0695. The number of aromatic carboxylic acids is 2. The van der Waals surface area contributed by atoms with Crippen LogP contribution in [-0.2, 0) is 6.42 Å². The summed E-state index contributed by atoms with van der Waals surface area (Å²) < 4.78 is 0. The van der Waals surface area contributed by atoms with E-state index in [4.69, 9.17) is 16.7 Å². The summed E-state index contributed by atoms with van der Waals surface area (Å²) in [6, 6.07) is 9.57. The van der Waals surface area contributed by atoms with E-state index in [1.165, 1.54) is 18.2 Å². The van der Waals surface area contributed by atoms with Gasteiger partial charge in [-0.25, -0.2) is 9.59 Å². The fraction of sp³-hybridized carbons (Fsp3) is 0.125. The van der Waals surface area contributed by atoms with Gasteiger partial charge in [-0.3, -0.25) is 0 Å². The van der Waals surface area contributed by atoms with Crippen LogP contribution < -0.4 is 0 Å². The van der Waals surface area contributed by atoms with Crippen molar-refractivity contribution in [2.45, 2.75) is 13.3 Å². The van der Waals surface area contributed by atoms with E-state index in [-0.39, 0.29) is 11.1 Å². The topological polar surface area (TPSA) is 74.6 Å². The fourth-order valence-corrected chi connectivity index (χ4v) is 2.31. The number of hydrogen-bond acceptors (Lipinski definition) is 2. The highest BCUT2D eigenvalue weighted by atomic mass is 35.5. The molecule has 0 aromatic heterocycles. The molecule has 0 spiro atoms. The van der Waals surface area contributed by atoms with E-state index in [1.807, 2.05) is 13.0 Å². The highest BCUT2D eigenvalue weighted by molar-refractivity contribution is 6.31. The van der Waals surface area contributed by atoms with Gasteiger partial charge in [0.1, 0.15) is 0 Å². The maximum Gasteiger partial charge on any atom is 0.336 e. The molecule has 0 bridgehead atoms. The molecule has 0 fully saturated rings. The number of carbonyl (C=O) groups is 2. The quantitative estimate of drug-likeness (QED) is 0.904. The molecule has 0 aliphatic heterocycles. The number of rotatable bonds is 4. The molecule has 0 atom stereocenters. The summed E-state index contributed by atoms with van der Waals surface area (Å²) >= 11 is 6.06. The van der Waals surface area contributed by atoms with Crippen molar-refractivity contribution in [1.29, 1.82) is 0 Å². The van der Waals surface area contributed by atoms with Crippen LogP contribution in [0.5, 0.6) is 0 Å². The largest absolute Gasteiger partial charge is 0.478 e. The molecule has 2 N–H and O–H groups in total. The van der Waals surface area contributed by atoms with E-state index in [0.29, 0.717) is 17.0 Å². The molecule has 4 nitrogen and oxygen atoms in total. The Morgan fingerprint density at radius 1 is 1.05 bits per heavy atom. The maximum atomic E-state index is 11.3. The Kier molecular flexibility index (Phi) is 4.29. The first-order valence-electron chi connectivity index (χ1n) is 6.23. The molecule has 0 aliphatic carbocycles. The Bertz CT molecular complexity index is 722. The highest BCUT2D eigenvalue weighted by Gasteiger charge is 2.15. The lowest BCUT2D eigenvalue weighted by Gasteiger charge is -2.10. The number of carboxylic acid groups (broad SMARTS) is 2. The molecule has 2 aromatic rings. The lowest BCUT2D eigenvalue weighted by Crippen LogP contribution is -2.07. The molecule has 0 amide bonds. The van der Waals surface area contributed by atoms with Crippen LogP contribution in [0.3, 0.4) is 0 Å². The second-order valence-electron chi connectivity index (χ2n) is 4.68. The van der Waals surface area contributed by atoms with Gasteiger partial charge in [0.25, 0.3) is 0 Å². The molecular formula is C16H13ClO4. The van der Waals surface area contributed by atoms with E-state index >= 15 is 0 Å². The zero-order valence-electron chi connectivity index (χ0n) is 11.3. The normalized spacial score (nSPS) is 10.4. The first-order valence-corrected chi connectivity index (χ1v) is 6.61. The maximum absolute atomic E-state index is 11.3. The lowest BCUT2D eigenvalue weighted by atomic mass is 9.95. The summed E-state index contributed by atoms with van der Waals surface area (Å²) in [7, 11) is 0. The minimum absolute atomic E-state index is 0.00530. The Morgan fingerprint density at radius 2 is 1.76 bits per heavy atom. The smallest absolute Gasteiger partial charge is 0.336 e. The van der Waals surface area contributed by atoms with Gasteiger partial charge < -0.3 is 10.2 Å². The first-order chi connectivity index (χ1) is 9.90. The van der Waals surface area contributed by atoms with Gasteiger partial charge in [-0.2, -0.15) is 0 Å². The van der Waals surface area contributed by atoms with Crippen molar-refractivity contribution in [2.24, 2.45) is 0 Å². The summed E-state index contributed by atoms with van der Waals surface area (Å²) in [5.74, 6) is -2.30. The van der Waals surface area contributed by atoms with E-state index in [1.54, 1.807) is 12.1 Å². The van der Waals surface area contributed by atoms with Gasteiger partial charge >= 0.3 is 11.9 Å². The average molecular weight is 305 g/mol. The zero-order chi connectivity index (χ0) is 15.6. The minimum atomic E-state index is -1.15. The summed E-state index contributed by atoms with van der Waals surface area (Å²) in [6.07, 6.45) is 0.383. The molecule has 0 unspecified atom stereocenters. The number of benzene rings is 2. The SMILES string of the molecule is Cc1c(Cl)cccc1Cc1ccc(C(=O)O)cc1C(=O)O. The molecule has 0 heterocycles. The van der Waals surface area contributed by atoms with E-state index in [9.17, 15) is 14.7 Å². The van der Waals surface area contributed by atoms with Crippen molar-refractivity contribution < 1.29 is 19.8 Å². The molecule has 5 heteroatoms. The summed E-state index contributed by atoms with van der Waals surface area (Å²) in [6.45, 7) is 1.86. The van der Waals surface area contributed by atoms with Crippen LogP contribution in [-0.4, -0.2) is 22.2 Å². The summed E-state index contributed by atoms with van der Waals surface area (Å²) in [4.78, 5) is 22.3. The predicted octanol–water partition coefficient (Wildman–Crippen LogP) is 3.64. The van der Waals surface area contributed by atoms with Crippen LogP contribution in [0, 0.1) is 6.92 Å². The molecule has 2 aromatic carbocycles. The molecular weight excluding hydrogens is 292 g/mol. The molecule has 2 rings (SSSR count). The van der Waals surface area contributed by atoms with Crippen molar-refractivity contribution in [1.82, 2.24) is 0 Å². The van der Waals surface area contributed by atoms with Gasteiger partial charge in [0, 0.05) is 5.02 Å². The highest BCUT2D eigenvalue weighted by Crippen LogP contribution is 2.23. The zero-order valence-corrected chi connectivity index (χ0v) is 12.0. The van der Waals surface area contributed by atoms with Crippen LogP contribution in [0.25, 0.3) is 0 Å². The standard InChI is InChI=1S/C16H13ClO4/c1-9-10(3-2-4-14(9)17)7-11-5-6-12(15(18)19)8-13(11)16(20)21/h2-6,8H,7H2,1H3,(H,18,19)(H,20,21). The molecule has 21 heavy (non-hydrogen) atoms. The van der Waals surface area contributed by atoms with Crippen molar-refractivity contribution in [2.75, 3.05) is 0 Å². The Morgan fingerprint density at radius 3 is 2.38 bits per heavy atom. The van der Waals surface area contributed by atoms with Gasteiger partial charge in [0.2, 0.25) is 0 Å². The third-order valence-electron chi connectivity index (χ3n) is 3.35. The molecule has 0 saturated heterocycles. The van der Waals surface area contributed by atoms with Crippen molar-refractivity contribution in [3.8, 4) is 0 Å². The van der Waals surface area contributed by atoms with E-state index in [2.05, 4.69) is 0 Å². The second-order valence-corrected chi connectivity index (χ2v) is 5.09. The van der Waals surface area contributed by atoms with Crippen LogP contribution in [0.1, 0.15) is 37.4 Å². The minimum Gasteiger partial charge on any atom is -0.478 e. The van der Waals surface area contributed by atoms with Crippen LogP contribution in [0.4, 0.5) is 0 Å². The third-order valence-corrected chi connectivity index (χ3v) is 3.76. The number of halogens is 1. The third kappa shape index (κ3) is 3.23. The molecule has 0 saturated carbocycles. The van der Waals surface area contributed by atoms with Gasteiger partial charge in [0.15, 0.2) is 0 Å². The summed E-state index contributed by atoms with van der Waals surface area (Å²) in [5.41, 5.74) is 2.30. The molecule has 0 aliphatic rings. The molecule has 108 valence electrons. The van der Waals surface area contributed by atoms with Crippen LogP contribution >= 0.6 is 11.6 Å². The Labute approximate surface area is 126 Å². The van der Waals surface area contributed by atoms with E-state index in [0.717, 1.165) is 11.1 Å². The average Bonchev–Trinajstić information content (AvgIpc) is 2.43. The van der Waals surface area contributed by atoms with E-state index < -0.39 is 11.9 Å². The number of carboxylic acids is 2. The Balaban J connectivity index is 2.46. The van der Waals surface area contributed by atoms with Crippen molar-refractivity contribution >= 4 is 23.5 Å². The van der Waals surface area contributed by atoms with Crippen molar-refractivity contribution in [3.63, 3.8) is 0 Å². The predicted molar refractivity (Wildman–Crippen MR) is 79.4 cm³/mol. The van der Waals surface area contributed by atoms with Gasteiger partial charge in [0.05, 0.1) is 11.1 Å². The van der Waals surface area contributed by atoms with Crippen LogP contribution in [0.15, 0.2) is 36.4 Å². The van der Waals surface area contributed by atoms with Crippen LogP contribution in [0.2, 0.25) is 5.02 Å². The fourth-order valence-electron chi connectivity index (χ4n) is 2.11. The summed E-state index contributed by atoms with van der Waals surface area (Å²) in [5, 5.41) is 18.8. The van der Waals surface area contributed by atoms with Gasteiger partial charge in [-0.05, 0) is 48.2 Å². The van der Waals surface area contributed by atoms with Gasteiger partial charge in [-0.15, -0.1) is 0 Å². The second kappa shape index (κ2) is 5.97. The number of hydrogen-bond donors (Lipinski definition) is 2. The van der Waals surface area contributed by atoms with Crippen molar-refractivity contribution in [3.05, 3.63) is 69.2 Å². The van der Waals surface area contributed by atoms with Gasteiger partial charge in [-0.1, -0.05) is 29.8 Å².